The van der Waals surface area contributed by atoms with Crippen molar-refractivity contribution in [3.63, 3.8) is 0 Å². The number of carbonyl (C=O) groups is 1. The molecule has 0 fully saturated rings. The van der Waals surface area contributed by atoms with Gasteiger partial charge in [0.05, 0.1) is 11.4 Å². The zero-order valence-electron chi connectivity index (χ0n) is 11.9. The Morgan fingerprint density at radius 2 is 1.90 bits per heavy atom. The van der Waals surface area contributed by atoms with E-state index >= 15 is 0 Å². The Balaban J connectivity index is 2.09. The van der Waals surface area contributed by atoms with E-state index in [2.05, 4.69) is 38.5 Å². The molecule has 0 saturated heterocycles. The first-order valence-electron chi connectivity index (χ1n) is 6.52. The van der Waals surface area contributed by atoms with Crippen LogP contribution in [0.1, 0.15) is 24.2 Å². The number of hydrogen-bond donors (Lipinski definition) is 3. The standard InChI is InChI=1S/C15H17BrN4O/c1-9(18-13-7-8-14(16)19-10(13)2)11-3-5-12(6-4-11)20-15(17)21/h3-9,18H,1-2H3,(H3,17,20,21). The molecule has 5 nitrogen and oxygen atoms in total. The lowest BCUT2D eigenvalue weighted by Crippen LogP contribution is -2.19. The molecule has 1 aromatic heterocycles. The van der Waals surface area contributed by atoms with E-state index in [1.807, 2.05) is 43.3 Å². The van der Waals surface area contributed by atoms with Gasteiger partial charge >= 0.3 is 6.03 Å². The predicted molar refractivity (Wildman–Crippen MR) is 88.4 cm³/mol. The number of pyridine rings is 1. The van der Waals surface area contributed by atoms with E-state index in [1.165, 1.54) is 0 Å². The van der Waals surface area contributed by atoms with Crippen LogP contribution in [0.5, 0.6) is 0 Å². The van der Waals surface area contributed by atoms with Crippen LogP contribution >= 0.6 is 15.9 Å². The van der Waals surface area contributed by atoms with Gasteiger partial charge in [-0.3, -0.25) is 0 Å². The monoisotopic (exact) mass is 348 g/mol. The fourth-order valence-corrected chi connectivity index (χ4v) is 2.40. The first-order chi connectivity index (χ1) is 9.95. The highest BCUT2D eigenvalue weighted by molar-refractivity contribution is 9.10. The first-order valence-corrected chi connectivity index (χ1v) is 7.31. The maximum Gasteiger partial charge on any atom is 0.316 e. The van der Waals surface area contributed by atoms with E-state index in [1.54, 1.807) is 0 Å². The Kier molecular flexibility index (Phi) is 4.80. The van der Waals surface area contributed by atoms with E-state index in [4.69, 9.17) is 5.73 Å². The van der Waals surface area contributed by atoms with Crippen LogP contribution in [0.15, 0.2) is 41.0 Å². The molecule has 21 heavy (non-hydrogen) atoms. The third-order valence-corrected chi connectivity index (χ3v) is 3.54. The summed E-state index contributed by atoms with van der Waals surface area (Å²) in [6.45, 7) is 4.03. The lowest BCUT2D eigenvalue weighted by atomic mass is 10.1. The van der Waals surface area contributed by atoms with Crippen LogP contribution in [0.3, 0.4) is 0 Å². The number of aromatic nitrogens is 1. The fourth-order valence-electron chi connectivity index (χ4n) is 2.00. The quantitative estimate of drug-likeness (QED) is 0.734. The summed E-state index contributed by atoms with van der Waals surface area (Å²) in [5, 5.41) is 5.96. The highest BCUT2D eigenvalue weighted by Gasteiger charge is 2.08. The summed E-state index contributed by atoms with van der Waals surface area (Å²) < 4.78 is 0.820. The van der Waals surface area contributed by atoms with Crippen LogP contribution in [-0.2, 0) is 0 Å². The zero-order valence-corrected chi connectivity index (χ0v) is 13.4. The normalized spacial score (nSPS) is 11.8. The van der Waals surface area contributed by atoms with Gasteiger partial charge in [0, 0.05) is 11.7 Å². The fraction of sp³-hybridized carbons (Fsp3) is 0.200. The number of hydrogen-bond acceptors (Lipinski definition) is 3. The SMILES string of the molecule is Cc1nc(Br)ccc1NC(C)c1ccc(NC(N)=O)cc1. The minimum absolute atomic E-state index is 0.120. The van der Waals surface area contributed by atoms with Crippen molar-refractivity contribution in [3.05, 3.63) is 52.3 Å². The Morgan fingerprint density at radius 3 is 2.48 bits per heavy atom. The molecule has 1 aromatic carbocycles. The van der Waals surface area contributed by atoms with Crippen LogP contribution in [0.4, 0.5) is 16.2 Å². The molecule has 2 rings (SSSR count). The number of carbonyl (C=O) groups excluding carboxylic acids is 1. The van der Waals surface area contributed by atoms with Gasteiger partial charge in [-0.25, -0.2) is 9.78 Å². The van der Waals surface area contributed by atoms with E-state index in [0.717, 1.165) is 21.5 Å². The van der Waals surface area contributed by atoms with Gasteiger partial charge in [-0.1, -0.05) is 12.1 Å². The Labute approximate surface area is 132 Å². The van der Waals surface area contributed by atoms with Crippen molar-refractivity contribution in [2.75, 3.05) is 10.6 Å². The number of primary amides is 1. The van der Waals surface area contributed by atoms with Gasteiger partial charge in [0.15, 0.2) is 0 Å². The minimum atomic E-state index is -0.564. The van der Waals surface area contributed by atoms with Crippen LogP contribution < -0.4 is 16.4 Å². The molecular weight excluding hydrogens is 332 g/mol. The molecule has 4 N–H and O–H groups in total. The summed E-state index contributed by atoms with van der Waals surface area (Å²) in [5.74, 6) is 0. The van der Waals surface area contributed by atoms with Gasteiger partial charge in [-0.15, -0.1) is 0 Å². The second kappa shape index (κ2) is 6.58. The van der Waals surface area contributed by atoms with Crippen LogP contribution in [0.2, 0.25) is 0 Å². The molecule has 110 valence electrons. The molecule has 0 aliphatic rings. The molecule has 6 heteroatoms. The molecule has 0 saturated carbocycles. The van der Waals surface area contributed by atoms with Gasteiger partial charge in [0.2, 0.25) is 0 Å². The van der Waals surface area contributed by atoms with Crippen molar-refractivity contribution >= 4 is 33.3 Å². The maximum absolute atomic E-state index is 10.8. The van der Waals surface area contributed by atoms with E-state index in [9.17, 15) is 4.79 Å². The zero-order chi connectivity index (χ0) is 15.4. The van der Waals surface area contributed by atoms with Gasteiger partial charge in [-0.2, -0.15) is 0 Å². The number of nitrogens with two attached hydrogens (primary N) is 1. The second-order valence-corrected chi connectivity index (χ2v) is 5.56. The lowest BCUT2D eigenvalue weighted by Gasteiger charge is -2.17. The molecule has 0 radical (unpaired) electrons. The summed E-state index contributed by atoms with van der Waals surface area (Å²) in [4.78, 5) is 15.1. The third-order valence-electron chi connectivity index (χ3n) is 3.10. The van der Waals surface area contributed by atoms with Crippen molar-refractivity contribution in [1.82, 2.24) is 4.98 Å². The minimum Gasteiger partial charge on any atom is -0.377 e. The Hall–Kier alpha value is -2.08. The van der Waals surface area contributed by atoms with Crippen molar-refractivity contribution in [2.24, 2.45) is 5.73 Å². The number of rotatable bonds is 4. The average molecular weight is 349 g/mol. The van der Waals surface area contributed by atoms with Crippen LogP contribution in [0, 0.1) is 6.92 Å². The number of amides is 2. The van der Waals surface area contributed by atoms with Gasteiger partial charge in [0.25, 0.3) is 0 Å². The van der Waals surface area contributed by atoms with Crippen LogP contribution in [-0.4, -0.2) is 11.0 Å². The lowest BCUT2D eigenvalue weighted by molar-refractivity contribution is 0.259. The number of aryl methyl sites for hydroxylation is 1. The Morgan fingerprint density at radius 1 is 1.24 bits per heavy atom. The molecule has 1 heterocycles. The summed E-state index contributed by atoms with van der Waals surface area (Å²) in [6.07, 6.45) is 0. The number of anilines is 2. The number of nitrogens with zero attached hydrogens (tertiary/aromatic N) is 1. The molecule has 0 aliphatic carbocycles. The van der Waals surface area contributed by atoms with Crippen molar-refractivity contribution < 1.29 is 4.79 Å². The number of urea groups is 1. The van der Waals surface area contributed by atoms with Crippen molar-refractivity contribution in [3.8, 4) is 0 Å². The van der Waals surface area contributed by atoms with E-state index in [0.29, 0.717) is 5.69 Å². The van der Waals surface area contributed by atoms with E-state index < -0.39 is 6.03 Å². The predicted octanol–water partition coefficient (Wildman–Crippen LogP) is 3.82. The van der Waals surface area contributed by atoms with Crippen LogP contribution in [0.25, 0.3) is 0 Å². The molecule has 1 unspecified atom stereocenters. The summed E-state index contributed by atoms with van der Waals surface area (Å²) in [6, 6.07) is 11.0. The highest BCUT2D eigenvalue weighted by Crippen LogP contribution is 2.23. The van der Waals surface area contributed by atoms with Gasteiger partial charge in [0.1, 0.15) is 4.60 Å². The third kappa shape index (κ3) is 4.19. The highest BCUT2D eigenvalue weighted by atomic mass is 79.9. The molecule has 2 amide bonds. The first kappa shape index (κ1) is 15.3. The molecular formula is C15H17BrN4O. The van der Waals surface area contributed by atoms with Gasteiger partial charge < -0.3 is 16.4 Å². The number of nitrogens with one attached hydrogen (secondary N) is 2. The number of halogens is 1. The molecule has 0 aliphatic heterocycles. The van der Waals surface area contributed by atoms with Crippen molar-refractivity contribution in [1.29, 1.82) is 0 Å². The average Bonchev–Trinajstić information content (AvgIpc) is 2.42. The summed E-state index contributed by atoms with van der Waals surface area (Å²) >= 11 is 3.35. The summed E-state index contributed by atoms with van der Waals surface area (Å²) in [5.41, 5.74) is 8.79. The molecule has 2 aromatic rings. The molecule has 0 spiro atoms. The van der Waals surface area contributed by atoms with E-state index in [-0.39, 0.29) is 6.04 Å². The molecule has 1 atom stereocenters. The Bertz CT molecular complexity index is 643. The molecule has 0 bridgehead atoms. The topological polar surface area (TPSA) is 80.0 Å². The summed E-state index contributed by atoms with van der Waals surface area (Å²) in [7, 11) is 0. The van der Waals surface area contributed by atoms with Crippen molar-refractivity contribution in [2.45, 2.75) is 19.9 Å². The second-order valence-electron chi connectivity index (χ2n) is 4.74. The van der Waals surface area contributed by atoms with Gasteiger partial charge in [-0.05, 0) is 59.6 Å². The largest absolute Gasteiger partial charge is 0.377 e. The smallest absolute Gasteiger partial charge is 0.316 e. The maximum atomic E-state index is 10.8. The number of benzene rings is 1.